The van der Waals surface area contributed by atoms with Gasteiger partial charge < -0.3 is 14.8 Å². The van der Waals surface area contributed by atoms with Crippen molar-refractivity contribution >= 4 is 12.4 Å². The lowest BCUT2D eigenvalue weighted by molar-refractivity contribution is -0.110. The van der Waals surface area contributed by atoms with Crippen molar-refractivity contribution in [2.75, 3.05) is 6.54 Å². The van der Waals surface area contributed by atoms with Crippen LogP contribution in [0.5, 0.6) is 0 Å². The van der Waals surface area contributed by atoms with Crippen LogP contribution in [0.25, 0.3) is 0 Å². The normalized spacial score (nSPS) is 13.0. The first-order valence-electron chi connectivity index (χ1n) is 5.77. The van der Waals surface area contributed by atoms with Crippen LogP contribution in [0.3, 0.4) is 0 Å². The van der Waals surface area contributed by atoms with Gasteiger partial charge in [-0.05, 0) is 33.6 Å². The Kier molecular flexibility index (Phi) is 6.77. The number of hydrogen-bond acceptors (Lipinski definition) is 3. The van der Waals surface area contributed by atoms with E-state index in [1.807, 2.05) is 27.7 Å². The van der Waals surface area contributed by atoms with Gasteiger partial charge in [-0.2, -0.15) is 0 Å². The zero-order valence-electron chi connectivity index (χ0n) is 10.7. The Bertz CT molecular complexity index is 221. The highest BCUT2D eigenvalue weighted by Gasteiger charge is 2.15. The summed E-state index contributed by atoms with van der Waals surface area (Å²) in [7, 11) is 0. The van der Waals surface area contributed by atoms with Gasteiger partial charge in [-0.15, -0.1) is 0 Å². The Morgan fingerprint density at radius 1 is 1.38 bits per heavy atom. The largest absolute Gasteiger partial charge is 0.444 e. The van der Waals surface area contributed by atoms with Gasteiger partial charge >= 0.3 is 6.09 Å². The summed E-state index contributed by atoms with van der Waals surface area (Å²) in [6.07, 6.45) is 3.27. The number of alkyl carbamates (subject to hydrolysis) is 1. The maximum absolute atomic E-state index is 11.2. The molecule has 0 aliphatic heterocycles. The minimum Gasteiger partial charge on any atom is -0.444 e. The van der Waals surface area contributed by atoms with E-state index in [0.717, 1.165) is 25.5 Å². The average molecular weight is 229 g/mol. The number of nitrogens with one attached hydrogen (secondary N) is 1. The fourth-order valence-corrected chi connectivity index (χ4v) is 1.16. The molecule has 0 spiro atoms. The molecule has 0 rings (SSSR count). The molecule has 16 heavy (non-hydrogen) atoms. The second-order valence-corrected chi connectivity index (χ2v) is 5.04. The molecule has 4 heteroatoms. The third kappa shape index (κ3) is 9.49. The fraction of sp³-hybridized carbons (Fsp3) is 0.833. The third-order valence-electron chi connectivity index (χ3n) is 1.99. The molecule has 0 aliphatic carbocycles. The molecule has 0 aromatic heterocycles. The second-order valence-electron chi connectivity index (χ2n) is 5.04. The molecular weight excluding hydrogens is 206 g/mol. The zero-order valence-corrected chi connectivity index (χ0v) is 10.7. The number of rotatable bonds is 6. The van der Waals surface area contributed by atoms with Gasteiger partial charge in [-0.3, -0.25) is 0 Å². The minimum atomic E-state index is -0.448. The van der Waals surface area contributed by atoms with Gasteiger partial charge in [0.05, 0.1) is 0 Å². The lowest BCUT2D eigenvalue weighted by atomic mass is 10.1. The Labute approximate surface area is 97.7 Å². The molecule has 0 bridgehead atoms. The maximum Gasteiger partial charge on any atom is 0.407 e. The first kappa shape index (κ1) is 14.9. The van der Waals surface area contributed by atoms with Crippen molar-refractivity contribution in [1.82, 2.24) is 5.32 Å². The number of amides is 1. The number of carbonyl (C=O) groups is 2. The number of carbonyl (C=O) groups excluding carboxylic acids is 2. The highest BCUT2D eigenvalue weighted by atomic mass is 16.6. The van der Waals surface area contributed by atoms with Gasteiger partial charge in [0.25, 0.3) is 0 Å². The van der Waals surface area contributed by atoms with E-state index in [2.05, 4.69) is 5.32 Å². The monoisotopic (exact) mass is 229 g/mol. The minimum absolute atomic E-state index is 0.113. The average Bonchev–Trinajstić information content (AvgIpc) is 2.14. The molecule has 0 saturated carbocycles. The van der Waals surface area contributed by atoms with Crippen LogP contribution in [0.1, 0.15) is 47.0 Å². The summed E-state index contributed by atoms with van der Waals surface area (Å²) < 4.78 is 5.08. The smallest absolute Gasteiger partial charge is 0.407 e. The predicted molar refractivity (Wildman–Crippen MR) is 63.3 cm³/mol. The van der Waals surface area contributed by atoms with E-state index in [9.17, 15) is 9.59 Å². The molecule has 1 unspecified atom stereocenters. The van der Waals surface area contributed by atoms with Crippen LogP contribution in [0.4, 0.5) is 4.79 Å². The number of unbranched alkanes of at least 4 members (excludes halogenated alkanes) is 1. The summed E-state index contributed by atoms with van der Waals surface area (Å²) in [6, 6.07) is 0. The van der Waals surface area contributed by atoms with Crippen molar-refractivity contribution in [2.24, 2.45) is 5.92 Å². The van der Waals surface area contributed by atoms with Crippen molar-refractivity contribution in [3.05, 3.63) is 0 Å². The fourth-order valence-electron chi connectivity index (χ4n) is 1.16. The predicted octanol–water partition coefficient (Wildman–Crippen LogP) is 2.52. The van der Waals surface area contributed by atoms with E-state index < -0.39 is 5.60 Å². The molecule has 0 radical (unpaired) electrons. The van der Waals surface area contributed by atoms with Gasteiger partial charge in [-0.25, -0.2) is 4.79 Å². The first-order chi connectivity index (χ1) is 7.35. The lowest BCUT2D eigenvalue weighted by Crippen LogP contribution is -2.33. The molecular formula is C12H23NO3. The molecule has 0 saturated heterocycles. The highest BCUT2D eigenvalue weighted by Crippen LogP contribution is 2.07. The zero-order chi connectivity index (χ0) is 12.6. The van der Waals surface area contributed by atoms with Gasteiger partial charge in [0.15, 0.2) is 0 Å². The van der Waals surface area contributed by atoms with Crippen LogP contribution in [0.2, 0.25) is 0 Å². The first-order valence-corrected chi connectivity index (χ1v) is 5.77. The SMILES string of the molecule is CC(C=O)CCCCNC(=O)OC(C)(C)C. The van der Waals surface area contributed by atoms with Crippen molar-refractivity contribution < 1.29 is 14.3 Å². The molecule has 0 fully saturated rings. The molecule has 0 aliphatic rings. The Morgan fingerprint density at radius 2 is 2.00 bits per heavy atom. The molecule has 4 nitrogen and oxygen atoms in total. The molecule has 1 N–H and O–H groups in total. The molecule has 1 atom stereocenters. The van der Waals surface area contributed by atoms with Crippen LogP contribution < -0.4 is 5.32 Å². The highest BCUT2D eigenvalue weighted by molar-refractivity contribution is 5.67. The quantitative estimate of drug-likeness (QED) is 0.562. The Balaban J connectivity index is 3.45. The molecule has 0 heterocycles. The van der Waals surface area contributed by atoms with Gasteiger partial charge in [0.2, 0.25) is 0 Å². The Hall–Kier alpha value is -1.06. The van der Waals surface area contributed by atoms with E-state index in [4.69, 9.17) is 4.74 Å². The van der Waals surface area contributed by atoms with Crippen LogP contribution in [-0.2, 0) is 9.53 Å². The number of aldehydes is 1. The number of ether oxygens (including phenoxy) is 1. The van der Waals surface area contributed by atoms with E-state index in [1.165, 1.54) is 0 Å². The lowest BCUT2D eigenvalue weighted by Gasteiger charge is -2.19. The second kappa shape index (κ2) is 7.25. The third-order valence-corrected chi connectivity index (χ3v) is 1.99. The molecule has 1 amide bonds. The van der Waals surface area contributed by atoms with Crippen LogP contribution in [0, 0.1) is 5.92 Å². The van der Waals surface area contributed by atoms with Gasteiger partial charge in [0, 0.05) is 12.5 Å². The number of hydrogen-bond donors (Lipinski definition) is 1. The van der Waals surface area contributed by atoms with Gasteiger partial charge in [0.1, 0.15) is 11.9 Å². The topological polar surface area (TPSA) is 55.4 Å². The standard InChI is InChI=1S/C12H23NO3/c1-10(9-14)7-5-6-8-13-11(15)16-12(2,3)4/h9-10H,5-8H2,1-4H3,(H,13,15). The van der Waals surface area contributed by atoms with Gasteiger partial charge in [-0.1, -0.05) is 13.3 Å². The Morgan fingerprint density at radius 3 is 2.50 bits per heavy atom. The summed E-state index contributed by atoms with van der Waals surface area (Å²) in [6.45, 7) is 7.99. The van der Waals surface area contributed by atoms with Crippen molar-refractivity contribution in [3.63, 3.8) is 0 Å². The summed E-state index contributed by atoms with van der Waals surface area (Å²) in [5.74, 6) is 0.113. The summed E-state index contributed by atoms with van der Waals surface area (Å²) in [5, 5.41) is 2.68. The van der Waals surface area contributed by atoms with Crippen LogP contribution in [-0.4, -0.2) is 24.5 Å². The van der Waals surface area contributed by atoms with Crippen molar-refractivity contribution in [2.45, 2.75) is 52.6 Å². The van der Waals surface area contributed by atoms with Crippen molar-refractivity contribution in [3.8, 4) is 0 Å². The van der Waals surface area contributed by atoms with E-state index in [-0.39, 0.29) is 12.0 Å². The summed E-state index contributed by atoms with van der Waals surface area (Å²) >= 11 is 0. The van der Waals surface area contributed by atoms with E-state index in [1.54, 1.807) is 0 Å². The van der Waals surface area contributed by atoms with E-state index >= 15 is 0 Å². The summed E-state index contributed by atoms with van der Waals surface area (Å²) in [4.78, 5) is 21.6. The molecule has 0 aromatic rings. The van der Waals surface area contributed by atoms with Crippen LogP contribution in [0.15, 0.2) is 0 Å². The summed E-state index contributed by atoms with van der Waals surface area (Å²) in [5.41, 5.74) is -0.448. The van der Waals surface area contributed by atoms with E-state index in [0.29, 0.717) is 6.54 Å². The van der Waals surface area contributed by atoms with Crippen LogP contribution >= 0.6 is 0 Å². The molecule has 94 valence electrons. The van der Waals surface area contributed by atoms with Crippen molar-refractivity contribution in [1.29, 1.82) is 0 Å². The maximum atomic E-state index is 11.2. The molecule has 0 aromatic carbocycles.